The fourth-order valence-electron chi connectivity index (χ4n) is 2.34. The maximum absolute atomic E-state index is 5.96. The highest BCUT2D eigenvalue weighted by Gasteiger charge is 2.12. The van der Waals surface area contributed by atoms with Crippen LogP contribution in [0.3, 0.4) is 0 Å². The van der Waals surface area contributed by atoms with E-state index in [0.29, 0.717) is 23.3 Å². The Labute approximate surface area is 152 Å². The Morgan fingerprint density at radius 2 is 1.84 bits per heavy atom. The Morgan fingerprint density at radius 1 is 1.08 bits per heavy atom. The molecule has 0 amide bonds. The van der Waals surface area contributed by atoms with E-state index in [9.17, 15) is 0 Å². The number of nitrogens with zero attached hydrogens (tertiary/aromatic N) is 1. The normalized spacial score (nSPS) is 10.9. The van der Waals surface area contributed by atoms with Gasteiger partial charge in [0.05, 0.1) is 6.10 Å². The molecule has 0 aliphatic rings. The molecule has 0 bridgehead atoms. The number of ether oxygens (including phenoxy) is 2. The van der Waals surface area contributed by atoms with Crippen LogP contribution in [0.2, 0.25) is 5.02 Å². The molecule has 0 radical (unpaired) electrons. The van der Waals surface area contributed by atoms with E-state index in [0.717, 1.165) is 22.8 Å². The van der Waals surface area contributed by atoms with Gasteiger partial charge in [-0.25, -0.2) is 4.98 Å². The molecule has 0 aliphatic carbocycles. The lowest BCUT2D eigenvalue weighted by Gasteiger charge is -2.09. The molecule has 1 heterocycles. The molecule has 3 rings (SSSR count). The second-order valence-electron chi connectivity index (χ2n) is 5.96. The predicted molar refractivity (Wildman–Crippen MR) is 98.2 cm³/mol. The van der Waals surface area contributed by atoms with E-state index in [4.69, 9.17) is 25.5 Å². The van der Waals surface area contributed by atoms with Gasteiger partial charge in [0.1, 0.15) is 29.6 Å². The highest BCUT2D eigenvalue weighted by molar-refractivity contribution is 6.30. The summed E-state index contributed by atoms with van der Waals surface area (Å²) < 4.78 is 17.2. The average molecular weight is 358 g/mol. The van der Waals surface area contributed by atoms with Gasteiger partial charge in [-0.2, -0.15) is 0 Å². The number of hydrogen-bond acceptors (Lipinski definition) is 4. The van der Waals surface area contributed by atoms with Crippen LogP contribution in [0.25, 0.3) is 11.5 Å². The molecule has 0 atom stereocenters. The van der Waals surface area contributed by atoms with Crippen molar-refractivity contribution in [2.75, 3.05) is 0 Å². The summed E-state index contributed by atoms with van der Waals surface area (Å²) >= 11 is 5.96. The van der Waals surface area contributed by atoms with E-state index in [1.807, 2.05) is 57.2 Å². The molecule has 0 unspecified atom stereocenters. The van der Waals surface area contributed by atoms with Gasteiger partial charge < -0.3 is 13.9 Å². The summed E-state index contributed by atoms with van der Waals surface area (Å²) in [5.41, 5.74) is 1.66. The molecule has 1 aromatic heterocycles. The summed E-state index contributed by atoms with van der Waals surface area (Å²) in [4.78, 5) is 4.54. The quantitative estimate of drug-likeness (QED) is 0.570. The van der Waals surface area contributed by atoms with Crippen molar-refractivity contribution in [3.63, 3.8) is 0 Å². The summed E-state index contributed by atoms with van der Waals surface area (Å²) in [5, 5.41) is 0.638. The topological polar surface area (TPSA) is 44.5 Å². The summed E-state index contributed by atoms with van der Waals surface area (Å²) in [6, 6.07) is 15.0. The molecule has 0 N–H and O–H groups in total. The number of oxazole rings is 1. The minimum absolute atomic E-state index is 0.144. The van der Waals surface area contributed by atoms with Gasteiger partial charge in [0.2, 0.25) is 5.89 Å². The summed E-state index contributed by atoms with van der Waals surface area (Å²) in [7, 11) is 0. The van der Waals surface area contributed by atoms with Gasteiger partial charge in [-0.05, 0) is 63.2 Å². The van der Waals surface area contributed by atoms with Gasteiger partial charge in [0.15, 0.2) is 0 Å². The van der Waals surface area contributed by atoms with Crippen molar-refractivity contribution in [2.24, 2.45) is 0 Å². The zero-order valence-corrected chi connectivity index (χ0v) is 15.2. The molecular formula is C20H20ClNO3. The largest absolute Gasteiger partial charge is 0.491 e. The van der Waals surface area contributed by atoms with Crippen molar-refractivity contribution in [3.8, 4) is 23.0 Å². The number of halogens is 1. The van der Waals surface area contributed by atoms with Crippen molar-refractivity contribution in [1.29, 1.82) is 0 Å². The van der Waals surface area contributed by atoms with Crippen molar-refractivity contribution in [3.05, 3.63) is 65.0 Å². The third-order valence-corrected chi connectivity index (χ3v) is 3.77. The Hall–Kier alpha value is -2.46. The molecule has 5 heteroatoms. The van der Waals surface area contributed by atoms with Crippen LogP contribution < -0.4 is 9.47 Å². The standard InChI is InChI=1S/C20H20ClNO3/c1-13(2)24-17-9-7-15(8-10-17)20-22-19(14(3)25-20)12-23-18-6-4-5-16(21)11-18/h4-11,13H,12H2,1-3H3. The van der Waals surface area contributed by atoms with Crippen LogP contribution in [0.4, 0.5) is 0 Å². The average Bonchev–Trinajstić information content (AvgIpc) is 2.94. The molecule has 4 nitrogen and oxygen atoms in total. The Kier molecular flexibility index (Phi) is 5.29. The Balaban J connectivity index is 1.71. The van der Waals surface area contributed by atoms with Crippen LogP contribution in [0, 0.1) is 6.92 Å². The highest BCUT2D eigenvalue weighted by Crippen LogP contribution is 2.25. The molecule has 0 aliphatic heterocycles. The van der Waals surface area contributed by atoms with Crippen molar-refractivity contribution in [1.82, 2.24) is 4.98 Å². The second kappa shape index (κ2) is 7.62. The van der Waals surface area contributed by atoms with Crippen molar-refractivity contribution in [2.45, 2.75) is 33.5 Å². The van der Waals surface area contributed by atoms with E-state index < -0.39 is 0 Å². The SMILES string of the molecule is Cc1oc(-c2ccc(OC(C)C)cc2)nc1COc1cccc(Cl)c1. The molecule has 25 heavy (non-hydrogen) atoms. The summed E-state index contributed by atoms with van der Waals surface area (Å²) in [6.07, 6.45) is 0.144. The minimum atomic E-state index is 0.144. The van der Waals surface area contributed by atoms with Gasteiger partial charge in [-0.1, -0.05) is 17.7 Å². The lowest BCUT2D eigenvalue weighted by Crippen LogP contribution is -2.05. The van der Waals surface area contributed by atoms with Crippen LogP contribution in [-0.4, -0.2) is 11.1 Å². The van der Waals surface area contributed by atoms with Crippen molar-refractivity contribution >= 4 is 11.6 Å². The fourth-order valence-corrected chi connectivity index (χ4v) is 2.52. The highest BCUT2D eigenvalue weighted by atomic mass is 35.5. The second-order valence-corrected chi connectivity index (χ2v) is 6.40. The van der Waals surface area contributed by atoms with Crippen LogP contribution in [-0.2, 0) is 6.61 Å². The smallest absolute Gasteiger partial charge is 0.226 e. The molecule has 130 valence electrons. The number of hydrogen-bond donors (Lipinski definition) is 0. The first-order chi connectivity index (χ1) is 12.0. The van der Waals surface area contributed by atoms with E-state index in [1.54, 1.807) is 12.1 Å². The molecule has 0 fully saturated rings. The van der Waals surface area contributed by atoms with Crippen LogP contribution in [0.1, 0.15) is 25.3 Å². The lowest BCUT2D eigenvalue weighted by atomic mass is 10.2. The van der Waals surface area contributed by atoms with Gasteiger partial charge in [0.25, 0.3) is 0 Å². The lowest BCUT2D eigenvalue weighted by molar-refractivity contribution is 0.242. The molecule has 0 spiro atoms. The molecule has 2 aromatic carbocycles. The molecule has 0 saturated heterocycles. The Morgan fingerprint density at radius 3 is 2.52 bits per heavy atom. The maximum atomic E-state index is 5.96. The van der Waals surface area contributed by atoms with Crippen LogP contribution in [0.15, 0.2) is 52.9 Å². The molecule has 3 aromatic rings. The predicted octanol–water partition coefficient (Wildman–Crippen LogP) is 5.67. The van der Waals surface area contributed by atoms with Gasteiger partial charge in [-0.15, -0.1) is 0 Å². The fraction of sp³-hybridized carbons (Fsp3) is 0.250. The van der Waals surface area contributed by atoms with Gasteiger partial charge in [0, 0.05) is 10.6 Å². The Bertz CT molecular complexity index is 840. The monoisotopic (exact) mass is 357 g/mol. The zero-order valence-electron chi connectivity index (χ0n) is 14.5. The first-order valence-corrected chi connectivity index (χ1v) is 8.51. The van der Waals surface area contributed by atoms with E-state index in [1.165, 1.54) is 0 Å². The van der Waals surface area contributed by atoms with Crippen molar-refractivity contribution < 1.29 is 13.9 Å². The minimum Gasteiger partial charge on any atom is -0.491 e. The maximum Gasteiger partial charge on any atom is 0.226 e. The third-order valence-electron chi connectivity index (χ3n) is 3.54. The van der Waals surface area contributed by atoms with Crippen LogP contribution in [0.5, 0.6) is 11.5 Å². The summed E-state index contributed by atoms with van der Waals surface area (Å²) in [6.45, 7) is 6.20. The molecule has 0 saturated carbocycles. The third kappa shape index (κ3) is 4.54. The first-order valence-electron chi connectivity index (χ1n) is 8.13. The zero-order chi connectivity index (χ0) is 17.8. The molecular weight excluding hydrogens is 338 g/mol. The number of aryl methyl sites for hydroxylation is 1. The number of aromatic nitrogens is 1. The summed E-state index contributed by atoms with van der Waals surface area (Å²) in [5.74, 6) is 2.83. The van der Waals surface area contributed by atoms with Gasteiger partial charge >= 0.3 is 0 Å². The van der Waals surface area contributed by atoms with Gasteiger partial charge in [-0.3, -0.25) is 0 Å². The van der Waals surface area contributed by atoms with E-state index in [2.05, 4.69) is 4.98 Å². The van der Waals surface area contributed by atoms with Crippen LogP contribution >= 0.6 is 11.6 Å². The number of rotatable bonds is 6. The van der Waals surface area contributed by atoms with E-state index >= 15 is 0 Å². The van der Waals surface area contributed by atoms with E-state index in [-0.39, 0.29) is 6.10 Å². The first kappa shape index (κ1) is 17.4. The number of benzene rings is 2.